The lowest BCUT2D eigenvalue weighted by molar-refractivity contribution is -0.125. The zero-order valence-electron chi connectivity index (χ0n) is 13.1. The molecule has 1 aromatic carbocycles. The Kier molecular flexibility index (Phi) is 5.81. The van der Waals surface area contributed by atoms with Crippen LogP contribution in [-0.2, 0) is 17.9 Å². The van der Waals surface area contributed by atoms with Gasteiger partial charge in [0.05, 0.1) is 12.6 Å². The van der Waals surface area contributed by atoms with Crippen LogP contribution >= 0.6 is 0 Å². The van der Waals surface area contributed by atoms with Crippen LogP contribution in [0.15, 0.2) is 42.7 Å². The molecule has 0 aliphatic rings. The van der Waals surface area contributed by atoms with Gasteiger partial charge in [0.2, 0.25) is 5.91 Å². The van der Waals surface area contributed by atoms with E-state index >= 15 is 0 Å². The van der Waals surface area contributed by atoms with Crippen LogP contribution in [0.2, 0.25) is 0 Å². The third-order valence-corrected chi connectivity index (χ3v) is 3.70. The molecule has 1 N–H and O–H groups in total. The topological polar surface area (TPSA) is 50.2 Å². The fourth-order valence-electron chi connectivity index (χ4n) is 2.14. The fraction of sp³-hybridized carbons (Fsp3) is 0.375. The summed E-state index contributed by atoms with van der Waals surface area (Å²) in [6.45, 7) is -0.306. The molecule has 5 nitrogen and oxygen atoms in total. The smallest absolute Gasteiger partial charge is 0.319 e. The van der Waals surface area contributed by atoms with Crippen molar-refractivity contribution in [1.29, 1.82) is 0 Å². The van der Waals surface area contributed by atoms with E-state index in [4.69, 9.17) is 0 Å². The Morgan fingerprint density at radius 2 is 2.04 bits per heavy atom. The monoisotopic (exact) mass is 322 g/mol. The molecule has 7 heteroatoms. The van der Waals surface area contributed by atoms with E-state index in [1.54, 1.807) is 18.9 Å². The molecule has 0 fully saturated rings. The molecule has 23 heavy (non-hydrogen) atoms. The highest BCUT2D eigenvalue weighted by atomic mass is 19.3. The minimum absolute atomic E-state index is 0.161. The molecular weight excluding hydrogens is 302 g/mol. The van der Waals surface area contributed by atoms with Crippen LogP contribution in [-0.4, -0.2) is 33.4 Å². The van der Waals surface area contributed by atoms with Crippen molar-refractivity contribution < 1.29 is 13.6 Å². The van der Waals surface area contributed by atoms with Crippen molar-refractivity contribution in [1.82, 2.24) is 19.8 Å². The SMILES string of the molecule is CC(C(=O)NCc1ccccc1)N(C)Cc1nccn1C(F)F. The number of alkyl halides is 2. The first kappa shape index (κ1) is 17.1. The maximum absolute atomic E-state index is 12.8. The molecule has 2 rings (SSSR count). The Bertz CT molecular complexity index is 630. The lowest BCUT2D eigenvalue weighted by atomic mass is 10.2. The summed E-state index contributed by atoms with van der Waals surface area (Å²) in [5.41, 5.74) is 1.00. The van der Waals surface area contributed by atoms with Crippen molar-refractivity contribution in [2.75, 3.05) is 7.05 Å². The molecule has 1 amide bonds. The van der Waals surface area contributed by atoms with E-state index < -0.39 is 12.6 Å². The van der Waals surface area contributed by atoms with Gasteiger partial charge in [-0.2, -0.15) is 8.78 Å². The zero-order chi connectivity index (χ0) is 16.8. The molecule has 0 aliphatic heterocycles. The third kappa shape index (κ3) is 4.59. The second-order valence-corrected chi connectivity index (χ2v) is 5.32. The number of nitrogens with one attached hydrogen (secondary N) is 1. The summed E-state index contributed by atoms with van der Waals surface area (Å²) in [6, 6.07) is 9.11. The van der Waals surface area contributed by atoms with Gasteiger partial charge in [-0.05, 0) is 19.5 Å². The second kappa shape index (κ2) is 7.82. The number of hydrogen-bond acceptors (Lipinski definition) is 3. The highest BCUT2D eigenvalue weighted by Gasteiger charge is 2.20. The number of amides is 1. The van der Waals surface area contributed by atoms with Crippen LogP contribution in [0.3, 0.4) is 0 Å². The lowest BCUT2D eigenvalue weighted by Gasteiger charge is -2.23. The molecular formula is C16H20F2N4O. The summed E-state index contributed by atoms with van der Waals surface area (Å²) in [5, 5.41) is 2.84. The summed E-state index contributed by atoms with van der Waals surface area (Å²) in [5.74, 6) is 0.0664. The maximum atomic E-state index is 12.8. The van der Waals surface area contributed by atoms with E-state index in [0.717, 1.165) is 10.1 Å². The Morgan fingerprint density at radius 3 is 2.70 bits per heavy atom. The summed E-state index contributed by atoms with van der Waals surface area (Å²) in [6.07, 6.45) is 2.56. The van der Waals surface area contributed by atoms with Crippen LogP contribution in [0, 0.1) is 0 Å². The van der Waals surface area contributed by atoms with Crippen molar-refractivity contribution in [2.45, 2.75) is 32.6 Å². The number of benzene rings is 1. The molecule has 0 saturated carbocycles. The number of imidazole rings is 1. The standard InChI is InChI=1S/C16H20F2N4O/c1-12(15(23)20-10-13-6-4-3-5-7-13)21(2)11-14-19-8-9-22(14)16(17)18/h3-9,12,16H,10-11H2,1-2H3,(H,20,23). The van der Waals surface area contributed by atoms with Gasteiger partial charge >= 0.3 is 6.55 Å². The summed E-state index contributed by atoms with van der Waals surface area (Å²) in [7, 11) is 1.71. The molecule has 0 saturated heterocycles. The van der Waals surface area contributed by atoms with Crippen molar-refractivity contribution in [3.8, 4) is 0 Å². The van der Waals surface area contributed by atoms with Crippen LogP contribution in [0.4, 0.5) is 8.78 Å². The minimum Gasteiger partial charge on any atom is -0.351 e. The highest BCUT2D eigenvalue weighted by Crippen LogP contribution is 2.14. The van der Waals surface area contributed by atoms with Crippen LogP contribution in [0.1, 0.15) is 24.9 Å². The number of carbonyl (C=O) groups excluding carboxylic acids is 1. The van der Waals surface area contributed by atoms with Crippen molar-refractivity contribution >= 4 is 5.91 Å². The van der Waals surface area contributed by atoms with Gasteiger partial charge in [0, 0.05) is 18.9 Å². The summed E-state index contributed by atoms with van der Waals surface area (Å²) in [4.78, 5) is 17.8. The summed E-state index contributed by atoms with van der Waals surface area (Å²) < 4.78 is 26.4. The van der Waals surface area contributed by atoms with Crippen LogP contribution in [0.25, 0.3) is 0 Å². The van der Waals surface area contributed by atoms with Crippen molar-refractivity contribution in [3.63, 3.8) is 0 Å². The van der Waals surface area contributed by atoms with E-state index in [9.17, 15) is 13.6 Å². The average molecular weight is 322 g/mol. The fourth-order valence-corrected chi connectivity index (χ4v) is 2.14. The zero-order valence-corrected chi connectivity index (χ0v) is 13.1. The van der Waals surface area contributed by atoms with Crippen molar-refractivity contribution in [2.24, 2.45) is 0 Å². The van der Waals surface area contributed by atoms with Crippen molar-refractivity contribution in [3.05, 3.63) is 54.1 Å². The molecule has 124 valence electrons. The predicted octanol–water partition coefficient (Wildman–Crippen LogP) is 2.41. The second-order valence-electron chi connectivity index (χ2n) is 5.32. The third-order valence-electron chi connectivity index (χ3n) is 3.70. The molecule has 1 heterocycles. The molecule has 0 spiro atoms. The molecule has 0 bridgehead atoms. The molecule has 0 aliphatic carbocycles. The minimum atomic E-state index is -2.64. The molecule has 1 atom stereocenters. The molecule has 1 unspecified atom stereocenters. The van der Waals surface area contributed by atoms with Gasteiger partial charge < -0.3 is 5.32 Å². The Hall–Kier alpha value is -2.28. The Morgan fingerprint density at radius 1 is 1.35 bits per heavy atom. The Balaban J connectivity index is 1.89. The van der Waals surface area contributed by atoms with Crippen LogP contribution < -0.4 is 5.32 Å². The van der Waals surface area contributed by atoms with Gasteiger partial charge in [-0.3, -0.25) is 14.3 Å². The number of halogens is 2. The van der Waals surface area contributed by atoms with Gasteiger partial charge in [0.25, 0.3) is 0 Å². The largest absolute Gasteiger partial charge is 0.351 e. The average Bonchev–Trinajstić information content (AvgIpc) is 3.01. The number of aromatic nitrogens is 2. The number of rotatable bonds is 7. The highest BCUT2D eigenvalue weighted by molar-refractivity contribution is 5.81. The van der Waals surface area contributed by atoms with Gasteiger partial charge in [-0.25, -0.2) is 4.98 Å². The van der Waals surface area contributed by atoms with E-state index in [1.807, 2.05) is 30.3 Å². The van der Waals surface area contributed by atoms with Gasteiger partial charge in [-0.1, -0.05) is 30.3 Å². The maximum Gasteiger partial charge on any atom is 0.319 e. The van der Waals surface area contributed by atoms with Gasteiger partial charge in [-0.15, -0.1) is 0 Å². The van der Waals surface area contributed by atoms with E-state index in [-0.39, 0.29) is 18.3 Å². The number of likely N-dealkylation sites (N-methyl/N-ethyl adjacent to an activating group) is 1. The first-order valence-corrected chi connectivity index (χ1v) is 7.30. The Labute approximate surface area is 133 Å². The van der Waals surface area contributed by atoms with E-state index in [1.165, 1.54) is 12.4 Å². The summed E-state index contributed by atoms with van der Waals surface area (Å²) >= 11 is 0. The number of hydrogen-bond donors (Lipinski definition) is 1. The first-order chi connectivity index (χ1) is 11.0. The molecule has 1 aromatic heterocycles. The molecule has 2 aromatic rings. The number of carbonyl (C=O) groups is 1. The van der Waals surface area contributed by atoms with Crippen LogP contribution in [0.5, 0.6) is 0 Å². The normalized spacial score (nSPS) is 12.6. The van der Waals surface area contributed by atoms with Gasteiger partial charge in [0.15, 0.2) is 0 Å². The van der Waals surface area contributed by atoms with Gasteiger partial charge in [0.1, 0.15) is 5.82 Å². The quantitative estimate of drug-likeness (QED) is 0.852. The first-order valence-electron chi connectivity index (χ1n) is 7.30. The van der Waals surface area contributed by atoms with E-state index in [2.05, 4.69) is 10.3 Å². The lowest BCUT2D eigenvalue weighted by Crippen LogP contribution is -2.43. The number of nitrogens with zero attached hydrogens (tertiary/aromatic N) is 3. The predicted molar refractivity (Wildman–Crippen MR) is 82.7 cm³/mol. The molecule has 0 radical (unpaired) electrons. The van der Waals surface area contributed by atoms with E-state index in [0.29, 0.717) is 6.54 Å².